The van der Waals surface area contributed by atoms with Gasteiger partial charge < -0.3 is 0 Å². The highest BCUT2D eigenvalue weighted by Crippen LogP contribution is 1.98. The van der Waals surface area contributed by atoms with Crippen LogP contribution in [0.15, 0.2) is 30.3 Å². The molecule has 0 bridgehead atoms. The number of carbonyl (C=O) groups is 1. The molecule has 1 amide bonds. The molecule has 0 spiro atoms. The molecule has 0 saturated carbocycles. The first-order valence-electron chi connectivity index (χ1n) is 2.79. The number of hydrogen-bond donors (Lipinski definition) is 1. The number of benzene rings is 1. The van der Waals surface area contributed by atoms with E-state index < -0.39 is 0 Å². The van der Waals surface area contributed by atoms with Crippen LogP contribution in [0.5, 0.6) is 0 Å². The maximum absolute atomic E-state index is 10.8. The minimum absolute atomic E-state index is 0.302. The molecule has 50 valence electrons. The third kappa shape index (κ3) is 1.59. The summed E-state index contributed by atoms with van der Waals surface area (Å²) in [6.07, 6.45) is 0. The number of carbonyl (C=O) groups excluding carboxylic acids is 1. The normalized spacial score (nSPS) is 9.30. The topological polar surface area (TPSA) is 31.2 Å². The molecular weight excluding hydrogens is 146 g/mol. The van der Waals surface area contributed by atoms with Crippen molar-refractivity contribution in [2.75, 3.05) is 0 Å². The Morgan fingerprint density at radius 2 is 1.90 bits per heavy atom. The first-order chi connectivity index (χ1) is 4.84. The molecule has 0 fully saturated rings. The second kappa shape index (κ2) is 3.39. The Kier molecular flexibility index (Phi) is 2.48. The van der Waals surface area contributed by atoms with E-state index >= 15 is 0 Å². The van der Waals surface area contributed by atoms with E-state index in [4.69, 9.17) is 0 Å². The molecule has 0 aliphatic carbocycles. The first kappa shape index (κ1) is 7.31. The van der Waals surface area contributed by atoms with Crippen molar-refractivity contribution in [2.45, 2.75) is 0 Å². The molecule has 2 nitrogen and oxygen atoms in total. The lowest BCUT2D eigenvalue weighted by Gasteiger charge is -1.83. The molecule has 3 heteroatoms. The summed E-state index contributed by atoms with van der Waals surface area (Å²) < 4.78 is 3.21. The van der Waals surface area contributed by atoms with Crippen molar-refractivity contribution in [3.05, 3.63) is 35.9 Å². The zero-order valence-electron chi connectivity index (χ0n) is 5.19. The lowest BCUT2D eigenvalue weighted by atomic mass is 10.2. The van der Waals surface area contributed by atoms with Crippen LogP contribution in [-0.2, 0) is 0 Å². The summed E-state index contributed by atoms with van der Waals surface area (Å²) in [4.78, 5) is 10.8. The predicted molar refractivity (Wildman–Crippen MR) is 41.9 cm³/mol. The summed E-state index contributed by atoms with van der Waals surface area (Å²) in [5.41, 5.74) is 0.567. The highest BCUT2D eigenvalue weighted by molar-refractivity contribution is 7.78. The number of rotatable bonds is 1. The molecule has 0 aliphatic rings. The van der Waals surface area contributed by atoms with Crippen LogP contribution in [0.4, 0.5) is 0 Å². The van der Waals surface area contributed by atoms with Crippen LogP contribution in [0.3, 0.4) is 0 Å². The fraction of sp³-hybridized carbons (Fsp3) is 0. The Labute approximate surface area is 64.8 Å². The van der Waals surface area contributed by atoms with E-state index in [1.54, 1.807) is 24.3 Å². The van der Waals surface area contributed by atoms with Crippen molar-refractivity contribution in [2.24, 2.45) is 0 Å². The molecule has 0 saturated heterocycles. The average molecular weight is 152 g/mol. The van der Waals surface area contributed by atoms with Crippen molar-refractivity contribution < 1.29 is 4.79 Å². The molecule has 0 unspecified atom stereocenters. The van der Waals surface area contributed by atoms with E-state index in [2.05, 4.69) is 17.5 Å². The van der Waals surface area contributed by atoms with E-state index in [0.717, 1.165) is 0 Å². The van der Waals surface area contributed by atoms with Crippen LogP contribution in [0.25, 0.3) is 0 Å². The van der Waals surface area contributed by atoms with Crippen LogP contribution in [0.1, 0.15) is 10.4 Å². The van der Waals surface area contributed by atoms with Gasteiger partial charge >= 0.3 is 5.91 Å². The minimum Gasteiger partial charge on any atom is -0.212 e. The molecule has 0 heterocycles. The molecule has 0 aliphatic heterocycles. The van der Waals surface area contributed by atoms with Gasteiger partial charge in [0.2, 0.25) is 4.72 Å². The van der Waals surface area contributed by atoms with Gasteiger partial charge in [0, 0.05) is 0 Å². The Morgan fingerprint density at radius 1 is 1.30 bits per heavy atom. The van der Waals surface area contributed by atoms with Crippen LogP contribution in [-0.4, -0.2) is 5.91 Å². The highest BCUT2D eigenvalue weighted by atomic mass is 32.1. The molecule has 0 atom stereocenters. The molecule has 2 radical (unpaired) electrons. The van der Waals surface area contributed by atoms with E-state index in [1.807, 2.05) is 6.07 Å². The standard InChI is InChI=1S/C7H6NOS/c9-7(8-10)6-4-2-1-3-5-6/h1-5,10H/q+1. The van der Waals surface area contributed by atoms with E-state index in [0.29, 0.717) is 5.56 Å². The van der Waals surface area contributed by atoms with E-state index in [-0.39, 0.29) is 5.91 Å². The Bertz CT molecular complexity index is 222. The SMILES string of the molecule is O=C([N+]S)c1ccccc1. The summed E-state index contributed by atoms with van der Waals surface area (Å²) in [6.45, 7) is 0. The highest BCUT2D eigenvalue weighted by Gasteiger charge is 2.16. The largest absolute Gasteiger partial charge is 0.468 e. The fourth-order valence-electron chi connectivity index (χ4n) is 0.638. The van der Waals surface area contributed by atoms with Crippen molar-refractivity contribution in [1.82, 2.24) is 4.72 Å². The fourth-order valence-corrected chi connectivity index (χ4v) is 0.754. The van der Waals surface area contributed by atoms with Gasteiger partial charge in [-0.25, -0.2) is 4.79 Å². The van der Waals surface area contributed by atoms with Crippen LogP contribution < -0.4 is 4.72 Å². The molecular formula is C7H6NOS+. The lowest BCUT2D eigenvalue weighted by molar-refractivity contribution is 0.0982. The summed E-state index contributed by atoms with van der Waals surface area (Å²) in [5.74, 6) is -0.302. The Balaban J connectivity index is 2.85. The monoisotopic (exact) mass is 152 g/mol. The first-order valence-corrected chi connectivity index (χ1v) is 3.19. The van der Waals surface area contributed by atoms with Gasteiger partial charge in [-0.05, 0) is 12.1 Å². The zero-order chi connectivity index (χ0) is 7.40. The van der Waals surface area contributed by atoms with Crippen molar-refractivity contribution in [3.63, 3.8) is 0 Å². The van der Waals surface area contributed by atoms with Gasteiger partial charge in [-0.1, -0.05) is 18.2 Å². The van der Waals surface area contributed by atoms with Gasteiger partial charge in [0.1, 0.15) is 0 Å². The summed E-state index contributed by atoms with van der Waals surface area (Å²) in [5, 5.41) is 0. The van der Waals surface area contributed by atoms with Gasteiger partial charge in [0.05, 0.1) is 5.56 Å². The van der Waals surface area contributed by atoms with Crippen LogP contribution >= 0.6 is 12.8 Å². The van der Waals surface area contributed by atoms with E-state index in [1.165, 1.54) is 0 Å². The number of thiol groups is 1. The van der Waals surface area contributed by atoms with Gasteiger partial charge in [0.25, 0.3) is 0 Å². The summed E-state index contributed by atoms with van der Waals surface area (Å²) in [6, 6.07) is 8.80. The Hall–Kier alpha value is -0.800. The van der Waals surface area contributed by atoms with Gasteiger partial charge in [-0.3, -0.25) is 0 Å². The van der Waals surface area contributed by atoms with Crippen molar-refractivity contribution in [3.8, 4) is 0 Å². The van der Waals surface area contributed by atoms with Gasteiger partial charge in [-0.2, -0.15) is 0 Å². The quantitative estimate of drug-likeness (QED) is 0.604. The zero-order valence-corrected chi connectivity index (χ0v) is 6.08. The van der Waals surface area contributed by atoms with Crippen LogP contribution in [0.2, 0.25) is 0 Å². The average Bonchev–Trinajstić information content (AvgIpc) is 2.05. The minimum atomic E-state index is -0.302. The van der Waals surface area contributed by atoms with E-state index in [9.17, 15) is 4.79 Å². The summed E-state index contributed by atoms with van der Waals surface area (Å²) in [7, 11) is 0. The smallest absolute Gasteiger partial charge is 0.212 e. The number of nitrogens with zero attached hydrogens (tertiary/aromatic N) is 1. The molecule has 0 aromatic heterocycles. The second-order valence-electron chi connectivity index (χ2n) is 1.77. The van der Waals surface area contributed by atoms with Crippen molar-refractivity contribution in [1.29, 1.82) is 0 Å². The molecule has 1 rings (SSSR count). The third-order valence-electron chi connectivity index (χ3n) is 1.11. The third-order valence-corrected chi connectivity index (χ3v) is 1.29. The van der Waals surface area contributed by atoms with Gasteiger partial charge in [-0.15, -0.1) is 0 Å². The number of hydrogen-bond acceptors (Lipinski definition) is 2. The van der Waals surface area contributed by atoms with Gasteiger partial charge in [0.15, 0.2) is 12.8 Å². The number of amides is 1. The summed E-state index contributed by atoms with van der Waals surface area (Å²) >= 11 is 3.50. The second-order valence-corrected chi connectivity index (χ2v) is 1.97. The Morgan fingerprint density at radius 3 is 2.40 bits per heavy atom. The molecule has 1 aromatic rings. The molecule has 0 N–H and O–H groups in total. The molecule has 10 heavy (non-hydrogen) atoms. The lowest BCUT2D eigenvalue weighted by Crippen LogP contribution is -2.04. The van der Waals surface area contributed by atoms with Crippen LogP contribution in [0, 0.1) is 0 Å². The van der Waals surface area contributed by atoms with Crippen molar-refractivity contribution >= 4 is 18.7 Å². The maximum Gasteiger partial charge on any atom is 0.468 e. The predicted octanol–water partition coefficient (Wildman–Crippen LogP) is 1.28. The molecule has 1 aromatic carbocycles. The maximum atomic E-state index is 10.8.